The zero-order chi connectivity index (χ0) is 14.7. The molecular formula is C16H14N4O. The summed E-state index contributed by atoms with van der Waals surface area (Å²) >= 11 is 0. The second-order valence-electron chi connectivity index (χ2n) is 4.52. The highest BCUT2D eigenvalue weighted by molar-refractivity contribution is 5.74. The van der Waals surface area contributed by atoms with Crippen LogP contribution in [0.2, 0.25) is 0 Å². The number of hydrogen-bond acceptors (Lipinski definition) is 5. The van der Waals surface area contributed by atoms with Crippen LogP contribution >= 0.6 is 0 Å². The van der Waals surface area contributed by atoms with Crippen molar-refractivity contribution < 1.29 is 5.11 Å². The Kier molecular flexibility index (Phi) is 3.39. The van der Waals surface area contributed by atoms with Crippen LogP contribution in [0.1, 0.15) is 0 Å². The average molecular weight is 278 g/mol. The number of nitrogens with zero attached hydrogens (tertiary/aromatic N) is 2. The molecule has 1 aromatic heterocycles. The molecule has 0 aliphatic carbocycles. The monoisotopic (exact) mass is 278 g/mol. The molecule has 0 saturated carbocycles. The molecule has 3 aromatic rings. The summed E-state index contributed by atoms with van der Waals surface area (Å²) < 4.78 is 0. The number of anilines is 3. The summed E-state index contributed by atoms with van der Waals surface area (Å²) in [5.41, 5.74) is 8.59. The standard InChI is InChI=1S/C16H14N4O/c17-16-18-9-8-14(20-16)13-10-12(6-7-15(13)21)19-11-4-2-1-3-5-11/h1-10,19,21H,(H2,17,18,20). The zero-order valence-electron chi connectivity index (χ0n) is 11.2. The molecule has 104 valence electrons. The minimum atomic E-state index is 0.145. The van der Waals surface area contributed by atoms with Gasteiger partial charge in [-0.2, -0.15) is 0 Å². The van der Waals surface area contributed by atoms with E-state index in [1.54, 1.807) is 24.4 Å². The first kappa shape index (κ1) is 12.9. The van der Waals surface area contributed by atoms with Crippen LogP contribution in [0, 0.1) is 0 Å². The molecule has 0 radical (unpaired) electrons. The maximum atomic E-state index is 10.0. The Bertz CT molecular complexity index is 759. The number of phenolic OH excluding ortho intramolecular Hbond substituents is 1. The number of aromatic nitrogens is 2. The number of nitrogen functional groups attached to an aromatic ring is 1. The second kappa shape index (κ2) is 5.50. The maximum absolute atomic E-state index is 10.0. The normalized spacial score (nSPS) is 10.3. The SMILES string of the molecule is Nc1nccc(-c2cc(Nc3ccccc3)ccc2O)n1. The molecule has 0 fully saturated rings. The highest BCUT2D eigenvalue weighted by Gasteiger charge is 2.08. The number of hydrogen-bond donors (Lipinski definition) is 3. The smallest absolute Gasteiger partial charge is 0.220 e. The van der Waals surface area contributed by atoms with E-state index in [2.05, 4.69) is 15.3 Å². The van der Waals surface area contributed by atoms with Crippen molar-refractivity contribution in [3.05, 3.63) is 60.8 Å². The van der Waals surface area contributed by atoms with Gasteiger partial charge in [-0.15, -0.1) is 0 Å². The molecule has 0 saturated heterocycles. The van der Waals surface area contributed by atoms with Gasteiger partial charge in [0, 0.05) is 23.1 Å². The number of para-hydroxylation sites is 1. The van der Waals surface area contributed by atoms with E-state index in [4.69, 9.17) is 5.73 Å². The van der Waals surface area contributed by atoms with Gasteiger partial charge in [0.2, 0.25) is 5.95 Å². The molecule has 1 heterocycles. The Hall–Kier alpha value is -3.08. The molecule has 5 nitrogen and oxygen atoms in total. The summed E-state index contributed by atoms with van der Waals surface area (Å²) in [5, 5.41) is 13.3. The lowest BCUT2D eigenvalue weighted by molar-refractivity contribution is 0.477. The van der Waals surface area contributed by atoms with Crippen molar-refractivity contribution in [1.82, 2.24) is 9.97 Å². The summed E-state index contributed by atoms with van der Waals surface area (Å²) in [6.45, 7) is 0. The summed E-state index contributed by atoms with van der Waals surface area (Å²) in [7, 11) is 0. The van der Waals surface area contributed by atoms with Crippen molar-refractivity contribution in [3.8, 4) is 17.0 Å². The highest BCUT2D eigenvalue weighted by Crippen LogP contribution is 2.31. The van der Waals surface area contributed by atoms with E-state index < -0.39 is 0 Å². The van der Waals surface area contributed by atoms with Crippen LogP contribution in [0.25, 0.3) is 11.3 Å². The predicted molar refractivity (Wildman–Crippen MR) is 83.3 cm³/mol. The Morgan fingerprint density at radius 1 is 0.952 bits per heavy atom. The third kappa shape index (κ3) is 2.92. The summed E-state index contributed by atoms with van der Waals surface area (Å²) in [6.07, 6.45) is 1.56. The van der Waals surface area contributed by atoms with Gasteiger partial charge in [-0.1, -0.05) is 18.2 Å². The van der Waals surface area contributed by atoms with E-state index in [0.717, 1.165) is 11.4 Å². The first-order valence-corrected chi connectivity index (χ1v) is 6.46. The topological polar surface area (TPSA) is 84.1 Å². The van der Waals surface area contributed by atoms with Crippen molar-refractivity contribution in [2.75, 3.05) is 11.1 Å². The van der Waals surface area contributed by atoms with E-state index in [1.807, 2.05) is 36.4 Å². The second-order valence-corrected chi connectivity index (χ2v) is 4.52. The molecule has 2 aromatic carbocycles. The molecule has 0 unspecified atom stereocenters. The zero-order valence-corrected chi connectivity index (χ0v) is 11.2. The molecule has 5 heteroatoms. The van der Waals surface area contributed by atoms with E-state index in [0.29, 0.717) is 11.3 Å². The van der Waals surface area contributed by atoms with Crippen molar-refractivity contribution in [3.63, 3.8) is 0 Å². The van der Waals surface area contributed by atoms with E-state index in [1.165, 1.54) is 0 Å². The van der Waals surface area contributed by atoms with Gasteiger partial charge >= 0.3 is 0 Å². The lowest BCUT2D eigenvalue weighted by Gasteiger charge is -2.10. The van der Waals surface area contributed by atoms with E-state index in [-0.39, 0.29) is 11.7 Å². The fourth-order valence-electron chi connectivity index (χ4n) is 2.03. The number of nitrogens with two attached hydrogens (primary N) is 1. The molecule has 0 amide bonds. The maximum Gasteiger partial charge on any atom is 0.220 e. The third-order valence-corrected chi connectivity index (χ3v) is 3.01. The van der Waals surface area contributed by atoms with Gasteiger partial charge in [0.15, 0.2) is 0 Å². The summed E-state index contributed by atoms with van der Waals surface area (Å²) in [5.74, 6) is 0.319. The molecule has 21 heavy (non-hydrogen) atoms. The molecule has 0 aliphatic heterocycles. The van der Waals surface area contributed by atoms with Crippen LogP contribution in [-0.4, -0.2) is 15.1 Å². The Balaban J connectivity index is 1.97. The lowest BCUT2D eigenvalue weighted by atomic mass is 10.1. The molecule has 3 rings (SSSR count). The van der Waals surface area contributed by atoms with Gasteiger partial charge in [-0.05, 0) is 36.4 Å². The average Bonchev–Trinajstić information content (AvgIpc) is 2.50. The van der Waals surface area contributed by atoms with Crippen molar-refractivity contribution in [2.24, 2.45) is 0 Å². The molecular weight excluding hydrogens is 264 g/mol. The van der Waals surface area contributed by atoms with Gasteiger partial charge in [0.1, 0.15) is 5.75 Å². The number of aromatic hydroxyl groups is 1. The Morgan fingerprint density at radius 3 is 2.52 bits per heavy atom. The van der Waals surface area contributed by atoms with Crippen LogP contribution in [0.15, 0.2) is 60.8 Å². The van der Waals surface area contributed by atoms with Crippen molar-refractivity contribution >= 4 is 17.3 Å². The third-order valence-electron chi connectivity index (χ3n) is 3.01. The van der Waals surface area contributed by atoms with Crippen LogP contribution < -0.4 is 11.1 Å². The molecule has 0 bridgehead atoms. The first-order valence-electron chi connectivity index (χ1n) is 6.46. The van der Waals surface area contributed by atoms with Gasteiger partial charge < -0.3 is 16.2 Å². The molecule has 0 spiro atoms. The van der Waals surface area contributed by atoms with Crippen molar-refractivity contribution in [1.29, 1.82) is 0 Å². The predicted octanol–water partition coefficient (Wildman–Crippen LogP) is 3.18. The fraction of sp³-hybridized carbons (Fsp3) is 0. The minimum Gasteiger partial charge on any atom is -0.507 e. The van der Waals surface area contributed by atoms with E-state index >= 15 is 0 Å². The quantitative estimate of drug-likeness (QED) is 0.641. The minimum absolute atomic E-state index is 0.145. The van der Waals surface area contributed by atoms with Gasteiger partial charge in [0.25, 0.3) is 0 Å². The van der Waals surface area contributed by atoms with Crippen LogP contribution in [0.3, 0.4) is 0 Å². The van der Waals surface area contributed by atoms with Gasteiger partial charge in [0.05, 0.1) is 5.69 Å². The number of rotatable bonds is 3. The largest absolute Gasteiger partial charge is 0.507 e. The molecule has 0 atom stereocenters. The van der Waals surface area contributed by atoms with Gasteiger partial charge in [-0.25, -0.2) is 9.97 Å². The number of phenols is 1. The Morgan fingerprint density at radius 2 is 1.76 bits per heavy atom. The van der Waals surface area contributed by atoms with Gasteiger partial charge in [-0.3, -0.25) is 0 Å². The van der Waals surface area contributed by atoms with Crippen LogP contribution in [-0.2, 0) is 0 Å². The van der Waals surface area contributed by atoms with Crippen LogP contribution in [0.5, 0.6) is 5.75 Å². The Labute approximate surface area is 122 Å². The molecule has 0 aliphatic rings. The number of nitrogens with one attached hydrogen (secondary N) is 1. The lowest BCUT2D eigenvalue weighted by Crippen LogP contribution is -1.96. The first-order chi connectivity index (χ1) is 10.2. The fourth-order valence-corrected chi connectivity index (χ4v) is 2.03. The highest BCUT2D eigenvalue weighted by atomic mass is 16.3. The molecule has 4 N–H and O–H groups in total. The number of benzene rings is 2. The summed E-state index contributed by atoms with van der Waals surface area (Å²) in [4.78, 5) is 7.99. The van der Waals surface area contributed by atoms with Crippen molar-refractivity contribution in [2.45, 2.75) is 0 Å². The van der Waals surface area contributed by atoms with E-state index in [9.17, 15) is 5.11 Å². The van der Waals surface area contributed by atoms with Crippen LogP contribution in [0.4, 0.5) is 17.3 Å². The summed E-state index contributed by atoms with van der Waals surface area (Å²) in [6, 6.07) is 16.8.